The third-order valence-electron chi connectivity index (χ3n) is 6.20. The minimum atomic E-state index is -4.37. The summed E-state index contributed by atoms with van der Waals surface area (Å²) < 4.78 is 40.4. The van der Waals surface area contributed by atoms with Gasteiger partial charge in [0.25, 0.3) is 5.91 Å². The molecule has 3 aromatic rings. The fourth-order valence-electron chi connectivity index (χ4n) is 4.42. The van der Waals surface area contributed by atoms with Crippen molar-refractivity contribution in [3.8, 4) is 5.69 Å². The average molecular weight is 469 g/mol. The Bertz CT molecular complexity index is 1210. The van der Waals surface area contributed by atoms with Crippen molar-refractivity contribution in [1.82, 2.24) is 15.1 Å². The number of carbonyl (C=O) groups excluding carboxylic acids is 1. The first-order valence-corrected chi connectivity index (χ1v) is 11.0. The summed E-state index contributed by atoms with van der Waals surface area (Å²) >= 11 is 0. The minimum absolute atomic E-state index is 0.0598. The monoisotopic (exact) mass is 468 g/mol. The van der Waals surface area contributed by atoms with Crippen molar-refractivity contribution in [2.45, 2.75) is 38.4 Å². The van der Waals surface area contributed by atoms with Gasteiger partial charge in [-0.05, 0) is 68.8 Å². The van der Waals surface area contributed by atoms with Gasteiger partial charge in [0.1, 0.15) is 0 Å². The highest BCUT2D eigenvalue weighted by molar-refractivity contribution is 5.94. The zero-order valence-corrected chi connectivity index (χ0v) is 19.5. The van der Waals surface area contributed by atoms with Crippen LogP contribution in [0.5, 0.6) is 0 Å². The van der Waals surface area contributed by atoms with Gasteiger partial charge < -0.3 is 10.2 Å². The highest BCUT2D eigenvalue weighted by Gasteiger charge is 2.31. The fourth-order valence-corrected chi connectivity index (χ4v) is 4.42. The molecule has 1 heterocycles. The van der Waals surface area contributed by atoms with Gasteiger partial charge in [0.15, 0.2) is 0 Å². The van der Waals surface area contributed by atoms with Crippen molar-refractivity contribution in [3.05, 3.63) is 88.8 Å². The summed E-state index contributed by atoms with van der Waals surface area (Å²) in [6, 6.07) is 12.3. The van der Waals surface area contributed by atoms with Crippen molar-refractivity contribution in [3.63, 3.8) is 0 Å². The first kappa shape index (κ1) is 23.6. The molecule has 0 saturated heterocycles. The van der Waals surface area contributed by atoms with Crippen molar-refractivity contribution in [1.29, 1.82) is 0 Å². The largest absolute Gasteiger partial charge is 0.416 e. The van der Waals surface area contributed by atoms with Crippen molar-refractivity contribution in [2.75, 3.05) is 19.0 Å². The number of benzene rings is 2. The number of carbonyl (C=O) groups is 1. The number of nitrogens with one attached hydrogen (secondary N) is 1. The van der Waals surface area contributed by atoms with Gasteiger partial charge in [0, 0.05) is 48.6 Å². The van der Waals surface area contributed by atoms with E-state index in [0.29, 0.717) is 17.7 Å². The van der Waals surface area contributed by atoms with Crippen LogP contribution < -0.4 is 10.2 Å². The Kier molecular flexibility index (Phi) is 6.25. The molecule has 0 spiro atoms. The van der Waals surface area contributed by atoms with Gasteiger partial charge in [0.2, 0.25) is 0 Å². The Morgan fingerprint density at radius 2 is 1.68 bits per heavy atom. The van der Waals surface area contributed by atoms with E-state index in [0.717, 1.165) is 34.8 Å². The molecule has 0 radical (unpaired) electrons. The predicted molar refractivity (Wildman–Crippen MR) is 127 cm³/mol. The Morgan fingerprint density at radius 3 is 2.26 bits per heavy atom. The molecule has 0 saturated carbocycles. The fraction of sp³-hybridized carbons (Fsp3) is 0.308. The lowest BCUT2D eigenvalue weighted by atomic mass is 9.95. The molecular formula is C26H27F3N4O. The van der Waals surface area contributed by atoms with E-state index in [9.17, 15) is 18.0 Å². The maximum atomic E-state index is 12.9. The number of aryl methyl sites for hydroxylation is 1. The van der Waals surface area contributed by atoms with Gasteiger partial charge >= 0.3 is 6.18 Å². The number of rotatable bonds is 5. The number of amides is 1. The summed E-state index contributed by atoms with van der Waals surface area (Å²) in [6.45, 7) is 3.81. The van der Waals surface area contributed by atoms with Gasteiger partial charge in [-0.1, -0.05) is 12.2 Å². The number of hydrogen-bond acceptors (Lipinski definition) is 3. The van der Waals surface area contributed by atoms with Crippen molar-refractivity contribution < 1.29 is 18.0 Å². The smallest absolute Gasteiger partial charge is 0.378 e. The van der Waals surface area contributed by atoms with E-state index in [2.05, 4.69) is 16.5 Å². The van der Waals surface area contributed by atoms with Crippen LogP contribution in [0.2, 0.25) is 0 Å². The highest BCUT2D eigenvalue weighted by Crippen LogP contribution is 2.35. The molecule has 0 bridgehead atoms. The lowest BCUT2D eigenvalue weighted by Gasteiger charge is -2.16. The van der Waals surface area contributed by atoms with Gasteiger partial charge in [-0.15, -0.1) is 0 Å². The second-order valence-electron chi connectivity index (χ2n) is 8.79. The number of halogens is 3. The predicted octanol–water partition coefficient (Wildman–Crippen LogP) is 5.42. The molecule has 1 aliphatic carbocycles. The van der Waals surface area contributed by atoms with E-state index >= 15 is 0 Å². The quantitative estimate of drug-likeness (QED) is 0.509. The van der Waals surface area contributed by atoms with E-state index in [1.54, 1.807) is 4.68 Å². The normalized spacial score (nSPS) is 17.7. The number of anilines is 1. The van der Waals surface area contributed by atoms with Gasteiger partial charge in [-0.25, -0.2) is 4.68 Å². The van der Waals surface area contributed by atoms with Crippen LogP contribution in [0.3, 0.4) is 0 Å². The molecule has 4 rings (SSSR count). The summed E-state index contributed by atoms with van der Waals surface area (Å²) in [5.41, 5.74) is 4.23. The molecule has 0 aliphatic heterocycles. The van der Waals surface area contributed by atoms with Gasteiger partial charge in [0.05, 0.1) is 16.9 Å². The van der Waals surface area contributed by atoms with Crippen LogP contribution in [-0.2, 0) is 6.18 Å². The topological polar surface area (TPSA) is 50.2 Å². The summed E-state index contributed by atoms with van der Waals surface area (Å²) in [5.74, 6) is -0.0703. The summed E-state index contributed by atoms with van der Waals surface area (Å²) in [4.78, 5) is 14.7. The van der Waals surface area contributed by atoms with Gasteiger partial charge in [-0.3, -0.25) is 4.79 Å². The standard InChI is InChI=1S/C26H27F3N4O/c1-16-24(17(2)33(31-16)23-13-8-20(9-14-23)26(27,28)29)19-5-10-21(15-19)30-25(34)18-6-11-22(12-7-18)32(3)4/h5-14,19,21H,15H2,1-4H3,(H,30,34). The molecule has 0 fully saturated rings. The third kappa shape index (κ3) is 4.71. The van der Waals surface area contributed by atoms with Crippen molar-refractivity contribution in [2.24, 2.45) is 0 Å². The summed E-state index contributed by atoms with van der Waals surface area (Å²) in [6.07, 6.45) is 0.377. The maximum absolute atomic E-state index is 12.9. The molecule has 2 atom stereocenters. The van der Waals surface area contributed by atoms with Crippen LogP contribution in [0.25, 0.3) is 5.69 Å². The van der Waals surface area contributed by atoms with Crippen LogP contribution in [0.15, 0.2) is 60.7 Å². The zero-order chi connectivity index (χ0) is 24.6. The second kappa shape index (κ2) is 9.00. The van der Waals surface area contributed by atoms with Gasteiger partial charge in [-0.2, -0.15) is 18.3 Å². The number of alkyl halides is 3. The van der Waals surface area contributed by atoms with Crippen LogP contribution in [-0.4, -0.2) is 35.8 Å². The Balaban J connectivity index is 1.46. The number of allylic oxidation sites excluding steroid dienone is 1. The first-order chi connectivity index (χ1) is 16.0. The first-order valence-electron chi connectivity index (χ1n) is 11.0. The van der Waals surface area contributed by atoms with Crippen molar-refractivity contribution >= 4 is 11.6 Å². The Morgan fingerprint density at radius 1 is 1.03 bits per heavy atom. The molecule has 8 heteroatoms. The van der Waals surface area contributed by atoms with Crippen LogP contribution in [0.1, 0.15) is 45.2 Å². The zero-order valence-electron chi connectivity index (χ0n) is 19.5. The molecule has 1 N–H and O–H groups in total. The molecule has 5 nitrogen and oxygen atoms in total. The highest BCUT2D eigenvalue weighted by atomic mass is 19.4. The van der Waals surface area contributed by atoms with E-state index in [1.807, 2.05) is 63.2 Å². The third-order valence-corrected chi connectivity index (χ3v) is 6.20. The van der Waals surface area contributed by atoms with E-state index in [1.165, 1.54) is 12.1 Å². The summed E-state index contributed by atoms with van der Waals surface area (Å²) in [7, 11) is 3.89. The van der Waals surface area contributed by atoms with E-state index in [-0.39, 0.29) is 17.9 Å². The molecule has 2 aromatic carbocycles. The summed E-state index contributed by atoms with van der Waals surface area (Å²) in [5, 5.41) is 7.65. The van der Waals surface area contributed by atoms with Crippen LogP contribution in [0.4, 0.5) is 18.9 Å². The Hall–Kier alpha value is -3.55. The number of nitrogens with zero attached hydrogens (tertiary/aromatic N) is 3. The minimum Gasteiger partial charge on any atom is -0.378 e. The second-order valence-corrected chi connectivity index (χ2v) is 8.79. The number of aromatic nitrogens is 2. The SMILES string of the molecule is Cc1nn(-c2ccc(C(F)(F)F)cc2)c(C)c1C1C=CC(NC(=O)c2ccc(N(C)C)cc2)C1. The maximum Gasteiger partial charge on any atom is 0.416 e. The number of hydrogen-bond donors (Lipinski definition) is 1. The molecule has 1 aliphatic rings. The lowest BCUT2D eigenvalue weighted by Crippen LogP contribution is -2.32. The molecule has 2 unspecified atom stereocenters. The Labute approximate surface area is 196 Å². The molecule has 1 amide bonds. The molecular weight excluding hydrogens is 441 g/mol. The van der Waals surface area contributed by atoms with E-state index in [4.69, 9.17) is 0 Å². The molecule has 1 aromatic heterocycles. The molecule has 34 heavy (non-hydrogen) atoms. The average Bonchev–Trinajstić information content (AvgIpc) is 3.36. The van der Waals surface area contributed by atoms with E-state index < -0.39 is 11.7 Å². The van der Waals surface area contributed by atoms with Crippen LogP contribution >= 0.6 is 0 Å². The lowest BCUT2D eigenvalue weighted by molar-refractivity contribution is -0.137. The van der Waals surface area contributed by atoms with Crippen LogP contribution in [0, 0.1) is 13.8 Å². The molecule has 178 valence electrons.